The maximum Gasteiger partial charge on any atom is 0.251 e. The van der Waals surface area contributed by atoms with Crippen LogP contribution in [0.25, 0.3) is 0 Å². The van der Waals surface area contributed by atoms with Crippen LogP contribution in [0.5, 0.6) is 5.75 Å². The van der Waals surface area contributed by atoms with Crippen LogP contribution in [-0.2, 0) is 11.3 Å². The van der Waals surface area contributed by atoms with Gasteiger partial charge in [-0.2, -0.15) is 5.10 Å². The highest BCUT2D eigenvalue weighted by Crippen LogP contribution is 2.17. The number of carbonyl (C=O) groups is 1. The van der Waals surface area contributed by atoms with Crippen LogP contribution in [0, 0.1) is 0 Å². The molecule has 2 atom stereocenters. The zero-order valence-corrected chi connectivity index (χ0v) is 13.9. The van der Waals surface area contributed by atoms with Crippen molar-refractivity contribution < 1.29 is 14.3 Å². The standard InChI is InChI=1S/C18H23N3O3/c1-14(12-21-9-4-8-19-21)20-18(22)15-5-2-6-16(11-15)24-13-17-7-3-10-23-17/h2,4-6,8-9,11,14,17H,3,7,10,12-13H2,1H3,(H,20,22)/t14-,17-/m1/s1. The van der Waals surface area contributed by atoms with E-state index < -0.39 is 0 Å². The van der Waals surface area contributed by atoms with Gasteiger partial charge in [0.15, 0.2) is 0 Å². The number of nitrogens with zero attached hydrogens (tertiary/aromatic N) is 2. The van der Waals surface area contributed by atoms with Gasteiger partial charge in [-0.25, -0.2) is 0 Å². The monoisotopic (exact) mass is 329 g/mol. The Kier molecular flexibility index (Phi) is 5.48. The van der Waals surface area contributed by atoms with Crippen molar-refractivity contribution >= 4 is 5.91 Å². The van der Waals surface area contributed by atoms with Crippen molar-refractivity contribution in [3.63, 3.8) is 0 Å². The minimum Gasteiger partial charge on any atom is -0.491 e. The van der Waals surface area contributed by atoms with E-state index in [1.165, 1.54) is 0 Å². The predicted octanol–water partition coefficient (Wildman–Crippen LogP) is 2.26. The highest BCUT2D eigenvalue weighted by Gasteiger charge is 2.16. The first kappa shape index (κ1) is 16.5. The van der Waals surface area contributed by atoms with Gasteiger partial charge < -0.3 is 14.8 Å². The summed E-state index contributed by atoms with van der Waals surface area (Å²) < 4.78 is 13.1. The van der Waals surface area contributed by atoms with Gasteiger partial charge in [-0.15, -0.1) is 0 Å². The average Bonchev–Trinajstić information content (AvgIpc) is 3.26. The Morgan fingerprint density at radius 3 is 3.17 bits per heavy atom. The van der Waals surface area contributed by atoms with Gasteiger partial charge in [0.05, 0.1) is 12.6 Å². The third-order valence-corrected chi connectivity index (χ3v) is 3.95. The lowest BCUT2D eigenvalue weighted by Gasteiger charge is -2.15. The second-order valence-electron chi connectivity index (χ2n) is 6.08. The van der Waals surface area contributed by atoms with E-state index in [2.05, 4.69) is 10.4 Å². The number of benzene rings is 1. The van der Waals surface area contributed by atoms with Gasteiger partial charge in [0, 0.05) is 30.6 Å². The third-order valence-electron chi connectivity index (χ3n) is 3.95. The lowest BCUT2D eigenvalue weighted by molar-refractivity contribution is 0.0679. The molecule has 1 N–H and O–H groups in total. The molecule has 1 fully saturated rings. The van der Waals surface area contributed by atoms with Crippen molar-refractivity contribution in [3.05, 3.63) is 48.3 Å². The van der Waals surface area contributed by atoms with Crippen molar-refractivity contribution in [2.24, 2.45) is 0 Å². The zero-order chi connectivity index (χ0) is 16.8. The van der Waals surface area contributed by atoms with E-state index in [1.807, 2.05) is 31.3 Å². The fraction of sp³-hybridized carbons (Fsp3) is 0.444. The molecule has 6 nitrogen and oxygen atoms in total. The molecule has 2 aromatic rings. The Bertz CT molecular complexity index is 651. The van der Waals surface area contributed by atoms with Gasteiger partial charge >= 0.3 is 0 Å². The molecular formula is C18H23N3O3. The Balaban J connectivity index is 1.53. The summed E-state index contributed by atoms with van der Waals surface area (Å²) in [6.45, 7) is 3.93. The molecule has 1 aliphatic heterocycles. The van der Waals surface area contributed by atoms with E-state index in [0.29, 0.717) is 24.5 Å². The first-order chi connectivity index (χ1) is 11.7. The van der Waals surface area contributed by atoms with Crippen molar-refractivity contribution in [2.75, 3.05) is 13.2 Å². The number of hydrogen-bond donors (Lipinski definition) is 1. The maximum atomic E-state index is 12.4. The van der Waals surface area contributed by atoms with Gasteiger partial charge in [-0.3, -0.25) is 9.48 Å². The van der Waals surface area contributed by atoms with Gasteiger partial charge in [0.1, 0.15) is 12.4 Å². The normalized spacial score (nSPS) is 18.3. The minimum absolute atomic E-state index is 0.0196. The van der Waals surface area contributed by atoms with E-state index in [9.17, 15) is 4.79 Å². The molecule has 0 radical (unpaired) electrons. The molecule has 0 saturated carbocycles. The number of rotatable bonds is 7. The number of carbonyl (C=O) groups excluding carboxylic acids is 1. The predicted molar refractivity (Wildman–Crippen MR) is 90.1 cm³/mol. The molecule has 1 aliphatic rings. The summed E-state index contributed by atoms with van der Waals surface area (Å²) >= 11 is 0. The zero-order valence-electron chi connectivity index (χ0n) is 13.9. The van der Waals surface area contributed by atoms with E-state index in [0.717, 1.165) is 19.4 Å². The topological polar surface area (TPSA) is 65.4 Å². The number of amides is 1. The lowest BCUT2D eigenvalue weighted by Crippen LogP contribution is -2.35. The highest BCUT2D eigenvalue weighted by molar-refractivity contribution is 5.94. The molecular weight excluding hydrogens is 306 g/mol. The molecule has 1 saturated heterocycles. The molecule has 6 heteroatoms. The van der Waals surface area contributed by atoms with Crippen LogP contribution >= 0.6 is 0 Å². The molecule has 0 spiro atoms. The van der Waals surface area contributed by atoms with Gasteiger partial charge in [-0.05, 0) is 44.0 Å². The largest absolute Gasteiger partial charge is 0.491 e. The molecule has 2 heterocycles. The molecule has 0 aliphatic carbocycles. The van der Waals surface area contributed by atoms with E-state index in [-0.39, 0.29) is 18.1 Å². The first-order valence-electron chi connectivity index (χ1n) is 8.33. The van der Waals surface area contributed by atoms with E-state index in [4.69, 9.17) is 9.47 Å². The van der Waals surface area contributed by atoms with E-state index in [1.54, 1.807) is 23.0 Å². The van der Waals surface area contributed by atoms with Gasteiger partial charge in [0.25, 0.3) is 5.91 Å². The minimum atomic E-state index is -0.114. The highest BCUT2D eigenvalue weighted by atomic mass is 16.5. The summed E-state index contributed by atoms with van der Waals surface area (Å²) in [5.74, 6) is 0.579. The summed E-state index contributed by atoms with van der Waals surface area (Å²) in [6, 6.07) is 9.09. The van der Waals surface area contributed by atoms with Crippen LogP contribution in [0.3, 0.4) is 0 Å². The fourth-order valence-corrected chi connectivity index (χ4v) is 2.73. The molecule has 24 heavy (non-hydrogen) atoms. The van der Waals surface area contributed by atoms with Crippen molar-refractivity contribution in [1.29, 1.82) is 0 Å². The number of hydrogen-bond acceptors (Lipinski definition) is 4. The number of ether oxygens (including phenoxy) is 2. The van der Waals surface area contributed by atoms with Crippen molar-refractivity contribution in [1.82, 2.24) is 15.1 Å². The van der Waals surface area contributed by atoms with Crippen molar-refractivity contribution in [2.45, 2.75) is 38.5 Å². The SMILES string of the molecule is C[C@H](Cn1cccn1)NC(=O)c1cccc(OC[C@H]2CCCO2)c1. The lowest BCUT2D eigenvalue weighted by atomic mass is 10.2. The molecule has 1 aromatic carbocycles. The van der Waals surface area contributed by atoms with Gasteiger partial charge in [0.2, 0.25) is 0 Å². The Morgan fingerprint density at radius 2 is 2.42 bits per heavy atom. The molecule has 3 rings (SSSR count). The second kappa shape index (κ2) is 7.97. The fourth-order valence-electron chi connectivity index (χ4n) is 2.73. The molecule has 0 unspecified atom stereocenters. The molecule has 1 aromatic heterocycles. The van der Waals surface area contributed by atoms with Crippen LogP contribution in [-0.4, -0.2) is 41.0 Å². The quantitative estimate of drug-likeness (QED) is 0.846. The Labute approximate surface area is 141 Å². The van der Waals surface area contributed by atoms with Crippen LogP contribution < -0.4 is 10.1 Å². The van der Waals surface area contributed by atoms with Crippen LogP contribution in [0.15, 0.2) is 42.7 Å². The average molecular weight is 329 g/mol. The summed E-state index contributed by atoms with van der Waals surface area (Å²) in [5, 5.41) is 7.12. The van der Waals surface area contributed by atoms with Crippen LogP contribution in [0.1, 0.15) is 30.1 Å². The van der Waals surface area contributed by atoms with E-state index >= 15 is 0 Å². The Morgan fingerprint density at radius 1 is 1.50 bits per heavy atom. The third kappa shape index (κ3) is 4.58. The summed E-state index contributed by atoms with van der Waals surface area (Å²) in [4.78, 5) is 12.4. The second-order valence-corrected chi connectivity index (χ2v) is 6.08. The summed E-state index contributed by atoms with van der Waals surface area (Å²) in [5.41, 5.74) is 0.590. The molecule has 128 valence electrons. The molecule has 0 bridgehead atoms. The number of aromatic nitrogens is 2. The Hall–Kier alpha value is -2.34. The number of nitrogens with one attached hydrogen (secondary N) is 1. The smallest absolute Gasteiger partial charge is 0.251 e. The maximum absolute atomic E-state index is 12.4. The summed E-state index contributed by atoms with van der Waals surface area (Å²) in [7, 11) is 0. The van der Waals surface area contributed by atoms with Crippen LogP contribution in [0.2, 0.25) is 0 Å². The summed E-state index contributed by atoms with van der Waals surface area (Å²) in [6.07, 6.45) is 5.89. The molecule has 1 amide bonds. The first-order valence-corrected chi connectivity index (χ1v) is 8.33. The van der Waals surface area contributed by atoms with Crippen molar-refractivity contribution in [3.8, 4) is 5.75 Å². The van der Waals surface area contributed by atoms with Crippen LogP contribution in [0.4, 0.5) is 0 Å². The van der Waals surface area contributed by atoms with Gasteiger partial charge in [-0.1, -0.05) is 6.07 Å².